The second kappa shape index (κ2) is 6.32. The highest BCUT2D eigenvalue weighted by Gasteiger charge is 2.20. The maximum Gasteiger partial charge on any atom is 0.0806 e. The molecule has 1 N–H and O–H groups in total. The van der Waals surface area contributed by atoms with E-state index in [1.54, 1.807) is 23.6 Å². The molecule has 2 heterocycles. The zero-order valence-corrected chi connectivity index (χ0v) is 13.8. The lowest BCUT2D eigenvalue weighted by Gasteiger charge is -2.20. The van der Waals surface area contributed by atoms with Crippen molar-refractivity contribution < 1.29 is 0 Å². The molecule has 0 radical (unpaired) electrons. The van der Waals surface area contributed by atoms with Gasteiger partial charge in [0.15, 0.2) is 0 Å². The molecular formula is C16H14Cl2N2S. The van der Waals surface area contributed by atoms with E-state index in [9.17, 15) is 0 Å². The molecule has 5 heteroatoms. The average Bonchev–Trinajstić information content (AvgIpc) is 2.94. The first-order chi connectivity index (χ1) is 10.2. The molecule has 2 nitrogen and oxygen atoms in total. The number of hydrogen-bond acceptors (Lipinski definition) is 3. The molecule has 2 aromatic heterocycles. The van der Waals surface area contributed by atoms with Crippen LogP contribution in [0.25, 0.3) is 10.1 Å². The Kier molecular flexibility index (Phi) is 4.45. The minimum Gasteiger partial charge on any atom is -0.305 e. The molecule has 3 aromatic rings. The van der Waals surface area contributed by atoms with Gasteiger partial charge < -0.3 is 5.32 Å². The van der Waals surface area contributed by atoms with Crippen LogP contribution in [0.2, 0.25) is 10.0 Å². The summed E-state index contributed by atoms with van der Waals surface area (Å²) in [7, 11) is 0. The van der Waals surface area contributed by atoms with Gasteiger partial charge in [-0.3, -0.25) is 4.98 Å². The van der Waals surface area contributed by atoms with Gasteiger partial charge in [0.2, 0.25) is 0 Å². The summed E-state index contributed by atoms with van der Waals surface area (Å²) >= 11 is 14.0. The molecule has 0 amide bonds. The quantitative estimate of drug-likeness (QED) is 0.698. The van der Waals surface area contributed by atoms with Crippen LogP contribution in [0.4, 0.5) is 0 Å². The molecule has 0 fully saturated rings. The third kappa shape index (κ3) is 2.92. The number of benzene rings is 1. The first-order valence-corrected chi connectivity index (χ1v) is 8.34. The van der Waals surface area contributed by atoms with Crippen LogP contribution in [0.5, 0.6) is 0 Å². The molecule has 1 unspecified atom stereocenters. The van der Waals surface area contributed by atoms with Gasteiger partial charge in [0, 0.05) is 10.9 Å². The van der Waals surface area contributed by atoms with Crippen LogP contribution in [-0.2, 0) is 0 Å². The van der Waals surface area contributed by atoms with Crippen molar-refractivity contribution in [2.45, 2.75) is 13.0 Å². The predicted molar refractivity (Wildman–Crippen MR) is 91.6 cm³/mol. The topological polar surface area (TPSA) is 24.9 Å². The third-order valence-corrected chi connectivity index (χ3v) is 4.83. The zero-order valence-electron chi connectivity index (χ0n) is 11.4. The second-order valence-corrected chi connectivity index (χ2v) is 6.46. The second-order valence-electron chi connectivity index (χ2n) is 4.70. The molecule has 0 saturated carbocycles. The summed E-state index contributed by atoms with van der Waals surface area (Å²) in [5.74, 6) is 0. The number of nitrogens with zero attached hydrogens (tertiary/aromatic N) is 1. The average molecular weight is 337 g/mol. The number of rotatable bonds is 4. The lowest BCUT2D eigenvalue weighted by molar-refractivity contribution is 0.620. The number of fused-ring (bicyclic) bond motifs is 1. The summed E-state index contributed by atoms with van der Waals surface area (Å²) in [6.45, 7) is 2.90. The van der Waals surface area contributed by atoms with Crippen molar-refractivity contribution in [3.05, 3.63) is 63.2 Å². The van der Waals surface area contributed by atoms with E-state index in [0.717, 1.165) is 12.2 Å². The van der Waals surface area contributed by atoms with E-state index in [-0.39, 0.29) is 6.04 Å². The Morgan fingerprint density at radius 3 is 2.90 bits per heavy atom. The van der Waals surface area contributed by atoms with Crippen molar-refractivity contribution in [3.63, 3.8) is 0 Å². The highest BCUT2D eigenvalue weighted by Crippen LogP contribution is 2.34. The van der Waals surface area contributed by atoms with E-state index < -0.39 is 0 Å². The molecule has 3 rings (SSSR count). The van der Waals surface area contributed by atoms with E-state index in [4.69, 9.17) is 23.2 Å². The number of pyridine rings is 1. The van der Waals surface area contributed by atoms with Crippen LogP contribution < -0.4 is 5.32 Å². The van der Waals surface area contributed by atoms with Crippen molar-refractivity contribution >= 4 is 44.6 Å². The fourth-order valence-corrected chi connectivity index (χ4v) is 3.87. The Balaban J connectivity index is 2.15. The summed E-state index contributed by atoms with van der Waals surface area (Å²) in [4.78, 5) is 4.44. The summed E-state index contributed by atoms with van der Waals surface area (Å²) in [6, 6.07) is 10.1. The summed E-state index contributed by atoms with van der Waals surface area (Å²) in [6.07, 6.45) is 1.64. The summed E-state index contributed by atoms with van der Waals surface area (Å²) < 4.78 is 1.26. The maximum atomic E-state index is 6.35. The Morgan fingerprint density at radius 2 is 2.14 bits per heavy atom. The van der Waals surface area contributed by atoms with E-state index in [2.05, 4.69) is 46.9 Å². The van der Waals surface area contributed by atoms with Crippen molar-refractivity contribution in [3.8, 4) is 0 Å². The largest absolute Gasteiger partial charge is 0.305 e. The Bertz CT molecular complexity index is 770. The normalized spacial score (nSPS) is 12.7. The molecule has 0 spiro atoms. The molecule has 0 bridgehead atoms. The number of thiophene rings is 1. The van der Waals surface area contributed by atoms with Gasteiger partial charge in [0.25, 0.3) is 0 Å². The van der Waals surface area contributed by atoms with Crippen molar-refractivity contribution in [2.24, 2.45) is 0 Å². The molecule has 108 valence electrons. The maximum absolute atomic E-state index is 6.35. The van der Waals surface area contributed by atoms with Crippen molar-refractivity contribution in [1.82, 2.24) is 10.3 Å². The highest BCUT2D eigenvalue weighted by atomic mass is 35.5. The van der Waals surface area contributed by atoms with Crippen LogP contribution >= 0.6 is 34.5 Å². The van der Waals surface area contributed by atoms with Crippen LogP contribution in [0, 0.1) is 0 Å². The first-order valence-electron chi connectivity index (χ1n) is 6.71. The highest BCUT2D eigenvalue weighted by molar-refractivity contribution is 7.17. The van der Waals surface area contributed by atoms with Crippen LogP contribution in [0.15, 0.2) is 41.9 Å². The van der Waals surface area contributed by atoms with E-state index in [0.29, 0.717) is 10.0 Å². The fraction of sp³-hybridized carbons (Fsp3) is 0.188. The van der Waals surface area contributed by atoms with Crippen molar-refractivity contribution in [2.75, 3.05) is 6.54 Å². The number of hydrogen-bond donors (Lipinski definition) is 1. The first kappa shape index (κ1) is 14.8. The Hall–Kier alpha value is -1.13. The van der Waals surface area contributed by atoms with Gasteiger partial charge >= 0.3 is 0 Å². The van der Waals surface area contributed by atoms with E-state index in [1.165, 1.54) is 15.6 Å². The Morgan fingerprint density at radius 1 is 1.29 bits per heavy atom. The molecule has 1 atom stereocenters. The van der Waals surface area contributed by atoms with E-state index in [1.807, 2.05) is 0 Å². The SMILES string of the molecule is CCNC(c1ncc(Cl)cc1Cl)c1cccc2ccsc12. The minimum absolute atomic E-state index is 0.0397. The monoisotopic (exact) mass is 336 g/mol. The van der Waals surface area contributed by atoms with Crippen LogP contribution in [0.1, 0.15) is 24.2 Å². The van der Waals surface area contributed by atoms with Gasteiger partial charge in [0.1, 0.15) is 0 Å². The van der Waals surface area contributed by atoms with Gasteiger partial charge in [-0.15, -0.1) is 11.3 Å². The van der Waals surface area contributed by atoms with Gasteiger partial charge in [-0.1, -0.05) is 48.3 Å². The third-order valence-electron chi connectivity index (χ3n) is 3.34. The van der Waals surface area contributed by atoms with Crippen LogP contribution in [0.3, 0.4) is 0 Å². The molecule has 0 saturated heterocycles. The Labute approximate surface area is 137 Å². The number of nitrogens with one attached hydrogen (secondary N) is 1. The van der Waals surface area contributed by atoms with Gasteiger partial charge in [-0.05, 0) is 35.0 Å². The zero-order chi connectivity index (χ0) is 14.8. The lowest BCUT2D eigenvalue weighted by Crippen LogP contribution is -2.23. The molecule has 1 aromatic carbocycles. The minimum atomic E-state index is -0.0397. The summed E-state index contributed by atoms with van der Waals surface area (Å²) in [5.41, 5.74) is 2.00. The smallest absolute Gasteiger partial charge is 0.0806 e. The number of halogens is 2. The van der Waals surface area contributed by atoms with Gasteiger partial charge in [-0.25, -0.2) is 0 Å². The fourth-order valence-electron chi connectivity index (χ4n) is 2.44. The van der Waals surface area contributed by atoms with Crippen molar-refractivity contribution in [1.29, 1.82) is 0 Å². The molecule has 0 aliphatic rings. The molecule has 0 aliphatic carbocycles. The lowest BCUT2D eigenvalue weighted by atomic mass is 10.0. The molecular weight excluding hydrogens is 323 g/mol. The summed E-state index contributed by atoms with van der Waals surface area (Å²) in [5, 5.41) is 7.96. The molecule has 21 heavy (non-hydrogen) atoms. The van der Waals surface area contributed by atoms with Gasteiger partial charge in [-0.2, -0.15) is 0 Å². The predicted octanol–water partition coefficient (Wildman–Crippen LogP) is 5.30. The van der Waals surface area contributed by atoms with Crippen LogP contribution in [-0.4, -0.2) is 11.5 Å². The molecule has 0 aliphatic heterocycles. The standard InChI is InChI=1S/C16H14Cl2N2S/c1-2-19-14(15-13(18)8-11(17)9-20-15)12-5-3-4-10-6-7-21-16(10)12/h3-9,14,19H,2H2,1H3. The van der Waals surface area contributed by atoms with Gasteiger partial charge in [0.05, 0.1) is 21.8 Å². The van der Waals surface area contributed by atoms with E-state index >= 15 is 0 Å². The number of aromatic nitrogens is 1.